The lowest BCUT2D eigenvalue weighted by Crippen LogP contribution is -2.29. The number of anilines is 1. The van der Waals surface area contributed by atoms with Gasteiger partial charge in [-0.2, -0.15) is 0 Å². The Morgan fingerprint density at radius 3 is 2.17 bits per heavy atom. The molecule has 9 heteroatoms. The maximum absolute atomic E-state index is 12.8. The number of carboxylic acid groups (broad SMARTS) is 1. The van der Waals surface area contributed by atoms with Crippen molar-refractivity contribution in [3.63, 3.8) is 0 Å². The number of hydrogen-bond donors (Lipinski definition) is 3. The minimum atomic E-state index is -3.89. The maximum Gasteiger partial charge on any atom is 0.322 e. The van der Waals surface area contributed by atoms with Crippen LogP contribution in [0.15, 0.2) is 93.5 Å². The average Bonchev–Trinajstić information content (AvgIpc) is 2.74. The first-order chi connectivity index (χ1) is 14.3. The molecule has 30 heavy (non-hydrogen) atoms. The fourth-order valence-corrected chi connectivity index (χ4v) is 4.57. The van der Waals surface area contributed by atoms with Crippen LogP contribution < -0.4 is 10.0 Å². The van der Waals surface area contributed by atoms with E-state index in [4.69, 9.17) is 5.11 Å². The Kier molecular flexibility index (Phi) is 6.76. The minimum absolute atomic E-state index is 0.0169. The minimum Gasteiger partial charge on any atom is -0.480 e. The molecule has 0 fully saturated rings. The highest BCUT2D eigenvalue weighted by Gasteiger charge is 2.17. The Morgan fingerprint density at radius 2 is 1.50 bits per heavy atom. The quantitative estimate of drug-likeness (QED) is 0.493. The Morgan fingerprint density at radius 1 is 0.867 bits per heavy atom. The van der Waals surface area contributed by atoms with Gasteiger partial charge in [-0.15, -0.1) is 0 Å². The molecule has 0 aliphatic rings. The number of amides is 1. The third kappa shape index (κ3) is 5.62. The van der Waals surface area contributed by atoms with Gasteiger partial charge >= 0.3 is 5.97 Å². The van der Waals surface area contributed by atoms with Gasteiger partial charge in [0.05, 0.1) is 10.6 Å². The molecule has 7 nitrogen and oxygen atoms in total. The van der Waals surface area contributed by atoms with Crippen molar-refractivity contribution < 1.29 is 23.1 Å². The summed E-state index contributed by atoms with van der Waals surface area (Å²) in [6.07, 6.45) is 0. The lowest BCUT2D eigenvalue weighted by atomic mass is 10.2. The smallest absolute Gasteiger partial charge is 0.322 e. The van der Waals surface area contributed by atoms with E-state index in [2.05, 4.69) is 10.0 Å². The molecule has 0 unspecified atom stereocenters. The second-order valence-electron chi connectivity index (χ2n) is 6.12. The van der Waals surface area contributed by atoms with Gasteiger partial charge in [0, 0.05) is 15.4 Å². The molecule has 0 aliphatic carbocycles. The number of para-hydroxylation sites is 1. The number of carbonyl (C=O) groups excluding carboxylic acids is 1. The molecule has 3 aromatic carbocycles. The van der Waals surface area contributed by atoms with Gasteiger partial charge in [-0.1, -0.05) is 42.1 Å². The third-order valence-corrected chi connectivity index (χ3v) is 6.39. The van der Waals surface area contributed by atoms with E-state index in [0.717, 1.165) is 9.79 Å². The first-order valence-electron chi connectivity index (χ1n) is 8.80. The molecule has 0 saturated carbocycles. The van der Waals surface area contributed by atoms with Gasteiger partial charge in [0.15, 0.2) is 0 Å². The highest BCUT2D eigenvalue weighted by molar-refractivity contribution is 7.99. The van der Waals surface area contributed by atoms with Gasteiger partial charge in [0.1, 0.15) is 6.54 Å². The molecule has 0 atom stereocenters. The van der Waals surface area contributed by atoms with Gasteiger partial charge in [-0.05, 0) is 48.5 Å². The van der Waals surface area contributed by atoms with E-state index in [1.165, 1.54) is 36.0 Å². The molecule has 0 radical (unpaired) electrons. The van der Waals surface area contributed by atoms with Crippen LogP contribution in [0.3, 0.4) is 0 Å². The van der Waals surface area contributed by atoms with Crippen molar-refractivity contribution in [1.82, 2.24) is 5.32 Å². The lowest BCUT2D eigenvalue weighted by molar-refractivity contribution is -0.135. The van der Waals surface area contributed by atoms with Crippen LogP contribution in [-0.4, -0.2) is 31.9 Å². The fraction of sp³-hybridized carbons (Fsp3) is 0.0476. The van der Waals surface area contributed by atoms with Crippen molar-refractivity contribution in [2.24, 2.45) is 0 Å². The Hall–Kier alpha value is -3.30. The van der Waals surface area contributed by atoms with Crippen molar-refractivity contribution in [1.29, 1.82) is 0 Å². The average molecular weight is 443 g/mol. The van der Waals surface area contributed by atoms with E-state index < -0.39 is 28.4 Å². The maximum atomic E-state index is 12.8. The molecule has 154 valence electrons. The van der Waals surface area contributed by atoms with Crippen molar-refractivity contribution in [3.05, 3.63) is 84.4 Å². The van der Waals surface area contributed by atoms with Crippen molar-refractivity contribution in [3.8, 4) is 0 Å². The zero-order chi connectivity index (χ0) is 21.6. The van der Waals surface area contributed by atoms with Gasteiger partial charge in [-0.25, -0.2) is 8.42 Å². The van der Waals surface area contributed by atoms with Crippen LogP contribution in [0.5, 0.6) is 0 Å². The number of hydrogen-bond acceptors (Lipinski definition) is 5. The largest absolute Gasteiger partial charge is 0.480 e. The van der Waals surface area contributed by atoms with Crippen molar-refractivity contribution >= 4 is 39.3 Å². The second kappa shape index (κ2) is 9.47. The van der Waals surface area contributed by atoms with Gasteiger partial charge in [-0.3, -0.25) is 14.3 Å². The van der Waals surface area contributed by atoms with Crippen LogP contribution >= 0.6 is 11.8 Å². The Labute approximate surface area is 178 Å². The van der Waals surface area contributed by atoms with E-state index in [1.807, 2.05) is 42.5 Å². The van der Waals surface area contributed by atoms with Gasteiger partial charge in [0.2, 0.25) is 0 Å². The standard InChI is InChI=1S/C21H18N2O5S2/c24-20(25)14-22-21(26)15-10-12-17(13-11-15)30(27,28)23-18-8-4-5-9-19(18)29-16-6-2-1-3-7-16/h1-13,23H,14H2,(H,22,26)(H,24,25). The van der Waals surface area contributed by atoms with Crippen LogP contribution in [-0.2, 0) is 14.8 Å². The predicted octanol–water partition coefficient (Wildman–Crippen LogP) is 3.45. The number of rotatable bonds is 8. The van der Waals surface area contributed by atoms with E-state index >= 15 is 0 Å². The summed E-state index contributed by atoms with van der Waals surface area (Å²) in [5, 5.41) is 10.8. The summed E-state index contributed by atoms with van der Waals surface area (Å²) in [4.78, 5) is 24.1. The summed E-state index contributed by atoms with van der Waals surface area (Å²) in [6.45, 7) is -0.518. The second-order valence-corrected chi connectivity index (χ2v) is 8.92. The number of benzene rings is 3. The summed E-state index contributed by atoms with van der Waals surface area (Å²) in [6, 6.07) is 21.9. The zero-order valence-electron chi connectivity index (χ0n) is 15.6. The first-order valence-corrected chi connectivity index (χ1v) is 11.1. The molecule has 0 saturated heterocycles. The van der Waals surface area contributed by atoms with E-state index in [-0.39, 0.29) is 10.5 Å². The molecule has 0 aromatic heterocycles. The molecule has 0 spiro atoms. The Bertz CT molecular complexity index is 1150. The third-order valence-electron chi connectivity index (χ3n) is 3.93. The van der Waals surface area contributed by atoms with Crippen LogP contribution in [0.1, 0.15) is 10.4 Å². The summed E-state index contributed by atoms with van der Waals surface area (Å²) >= 11 is 1.44. The number of aliphatic carboxylic acids is 1. The lowest BCUT2D eigenvalue weighted by Gasteiger charge is -2.13. The molecule has 3 N–H and O–H groups in total. The van der Waals surface area contributed by atoms with E-state index in [0.29, 0.717) is 5.69 Å². The zero-order valence-corrected chi connectivity index (χ0v) is 17.2. The SMILES string of the molecule is O=C(O)CNC(=O)c1ccc(S(=O)(=O)Nc2ccccc2Sc2ccccc2)cc1. The van der Waals surface area contributed by atoms with Crippen molar-refractivity contribution in [2.75, 3.05) is 11.3 Å². The number of sulfonamides is 1. The molecular formula is C21H18N2O5S2. The summed E-state index contributed by atoms with van der Waals surface area (Å²) in [7, 11) is -3.89. The topological polar surface area (TPSA) is 113 Å². The predicted molar refractivity (Wildman–Crippen MR) is 114 cm³/mol. The van der Waals surface area contributed by atoms with Crippen molar-refractivity contribution in [2.45, 2.75) is 14.7 Å². The van der Waals surface area contributed by atoms with Crippen LogP contribution in [0.4, 0.5) is 5.69 Å². The van der Waals surface area contributed by atoms with Crippen LogP contribution in [0.25, 0.3) is 0 Å². The molecule has 1 amide bonds. The van der Waals surface area contributed by atoms with E-state index in [9.17, 15) is 18.0 Å². The Balaban J connectivity index is 1.77. The normalized spacial score (nSPS) is 10.9. The molecule has 3 rings (SSSR count). The summed E-state index contributed by atoms with van der Waals surface area (Å²) in [5.41, 5.74) is 0.602. The van der Waals surface area contributed by atoms with Gasteiger partial charge < -0.3 is 10.4 Å². The molecule has 3 aromatic rings. The number of carboxylic acids is 1. The molecule has 0 bridgehead atoms. The molecular weight excluding hydrogens is 424 g/mol. The molecule has 0 aliphatic heterocycles. The fourth-order valence-electron chi connectivity index (χ4n) is 2.50. The highest BCUT2D eigenvalue weighted by atomic mass is 32.2. The van der Waals surface area contributed by atoms with Gasteiger partial charge in [0.25, 0.3) is 15.9 Å². The van der Waals surface area contributed by atoms with Crippen LogP contribution in [0.2, 0.25) is 0 Å². The highest BCUT2D eigenvalue weighted by Crippen LogP contribution is 2.34. The summed E-state index contributed by atoms with van der Waals surface area (Å²) in [5.74, 6) is -1.77. The number of carbonyl (C=O) groups is 2. The van der Waals surface area contributed by atoms with E-state index in [1.54, 1.807) is 12.1 Å². The number of nitrogens with one attached hydrogen (secondary N) is 2. The first kappa shape index (κ1) is 21.4. The summed E-state index contributed by atoms with van der Waals surface area (Å²) < 4.78 is 28.2. The monoisotopic (exact) mass is 442 g/mol. The molecule has 0 heterocycles. The van der Waals surface area contributed by atoms with Crippen LogP contribution in [0, 0.1) is 0 Å².